The molecule has 2 N–H and O–H groups in total. The molecule has 0 saturated heterocycles. The first-order valence-corrected chi connectivity index (χ1v) is 5.80. The van der Waals surface area contributed by atoms with Crippen LogP contribution in [0.4, 0.5) is 10.1 Å². The minimum atomic E-state index is -0.640. The molecule has 1 aromatic carbocycles. The van der Waals surface area contributed by atoms with E-state index in [1.165, 1.54) is 0 Å². The van der Waals surface area contributed by atoms with Crippen molar-refractivity contribution in [3.8, 4) is 0 Å². The van der Waals surface area contributed by atoms with Crippen LogP contribution in [-0.2, 0) is 6.61 Å². The van der Waals surface area contributed by atoms with E-state index in [4.69, 9.17) is 16.7 Å². The van der Waals surface area contributed by atoms with Gasteiger partial charge in [-0.3, -0.25) is 4.79 Å². The lowest BCUT2D eigenvalue weighted by molar-refractivity contribution is 0.102. The van der Waals surface area contributed by atoms with Crippen molar-refractivity contribution in [1.29, 1.82) is 0 Å². The number of pyridine rings is 1. The van der Waals surface area contributed by atoms with Crippen LogP contribution in [0.5, 0.6) is 0 Å². The van der Waals surface area contributed by atoms with Gasteiger partial charge in [0.15, 0.2) is 0 Å². The molecule has 1 amide bonds. The van der Waals surface area contributed by atoms with E-state index in [0.29, 0.717) is 11.3 Å². The Kier molecular flexibility index (Phi) is 4.09. The second kappa shape index (κ2) is 5.77. The molecule has 0 fully saturated rings. The van der Waals surface area contributed by atoms with Crippen LogP contribution >= 0.6 is 11.6 Å². The molecule has 1 heterocycles. The number of carbonyl (C=O) groups is 1. The second-order valence-electron chi connectivity index (χ2n) is 3.80. The van der Waals surface area contributed by atoms with Crippen LogP contribution in [0.1, 0.15) is 15.9 Å². The summed E-state index contributed by atoms with van der Waals surface area (Å²) in [4.78, 5) is 15.5. The Morgan fingerprint density at radius 2 is 2.21 bits per heavy atom. The van der Waals surface area contributed by atoms with E-state index in [9.17, 15) is 9.18 Å². The molecule has 0 radical (unpaired) electrons. The highest BCUT2D eigenvalue weighted by Crippen LogP contribution is 2.17. The van der Waals surface area contributed by atoms with Crippen LogP contribution in [-0.4, -0.2) is 16.0 Å². The van der Waals surface area contributed by atoms with Gasteiger partial charge in [-0.15, -0.1) is 0 Å². The summed E-state index contributed by atoms with van der Waals surface area (Å²) in [6.07, 6.45) is 0.936. The van der Waals surface area contributed by atoms with E-state index in [1.807, 2.05) is 0 Å². The molecule has 0 aliphatic carbocycles. The molecule has 0 atom stereocenters. The predicted molar refractivity (Wildman–Crippen MR) is 69.5 cm³/mol. The van der Waals surface area contributed by atoms with E-state index in [2.05, 4.69) is 10.3 Å². The lowest BCUT2D eigenvalue weighted by Gasteiger charge is -2.07. The monoisotopic (exact) mass is 280 g/mol. The molecule has 2 rings (SSSR count). The van der Waals surface area contributed by atoms with Crippen LogP contribution in [0, 0.1) is 5.82 Å². The van der Waals surface area contributed by atoms with E-state index in [-0.39, 0.29) is 17.3 Å². The topological polar surface area (TPSA) is 62.2 Å². The van der Waals surface area contributed by atoms with Crippen molar-refractivity contribution >= 4 is 23.2 Å². The highest BCUT2D eigenvalue weighted by Gasteiger charge is 2.13. The van der Waals surface area contributed by atoms with Crippen molar-refractivity contribution < 1.29 is 14.3 Å². The van der Waals surface area contributed by atoms with Crippen LogP contribution < -0.4 is 5.32 Å². The fourth-order valence-electron chi connectivity index (χ4n) is 1.53. The van der Waals surface area contributed by atoms with E-state index in [0.717, 1.165) is 12.3 Å². The van der Waals surface area contributed by atoms with Gasteiger partial charge in [-0.1, -0.05) is 23.7 Å². The summed E-state index contributed by atoms with van der Waals surface area (Å²) < 4.78 is 13.0. The molecule has 0 unspecified atom stereocenters. The quantitative estimate of drug-likeness (QED) is 0.850. The summed E-state index contributed by atoms with van der Waals surface area (Å²) in [5.74, 6) is -1.20. The number of aliphatic hydroxyl groups excluding tert-OH is 1. The van der Waals surface area contributed by atoms with Gasteiger partial charge in [0.25, 0.3) is 5.91 Å². The second-order valence-corrected chi connectivity index (χ2v) is 4.16. The normalized spacial score (nSPS) is 10.3. The molecule has 2 aromatic rings. The number of rotatable bonds is 3. The smallest absolute Gasteiger partial charge is 0.258 e. The van der Waals surface area contributed by atoms with E-state index >= 15 is 0 Å². The Morgan fingerprint density at radius 1 is 1.42 bits per heavy atom. The van der Waals surface area contributed by atoms with Crippen molar-refractivity contribution in [2.24, 2.45) is 0 Å². The molecule has 0 spiro atoms. The van der Waals surface area contributed by atoms with Gasteiger partial charge in [0.2, 0.25) is 0 Å². The average Bonchev–Trinajstić information content (AvgIpc) is 2.41. The van der Waals surface area contributed by atoms with Crippen molar-refractivity contribution in [2.75, 3.05) is 5.32 Å². The maximum atomic E-state index is 13.0. The third-order valence-electron chi connectivity index (χ3n) is 2.42. The Balaban J connectivity index is 2.23. The summed E-state index contributed by atoms with van der Waals surface area (Å²) >= 11 is 5.74. The zero-order valence-corrected chi connectivity index (χ0v) is 10.5. The molecule has 98 valence electrons. The number of carbonyl (C=O) groups excluding carboxylic acids is 1. The van der Waals surface area contributed by atoms with Crippen LogP contribution in [0.2, 0.25) is 5.15 Å². The Hall–Kier alpha value is -1.98. The number of aromatic nitrogens is 1. The van der Waals surface area contributed by atoms with Gasteiger partial charge in [-0.25, -0.2) is 9.37 Å². The first-order valence-electron chi connectivity index (χ1n) is 5.42. The number of aliphatic hydroxyl groups is 1. The molecule has 1 aromatic heterocycles. The van der Waals surface area contributed by atoms with E-state index < -0.39 is 11.7 Å². The number of amides is 1. The van der Waals surface area contributed by atoms with Gasteiger partial charge in [-0.2, -0.15) is 0 Å². The van der Waals surface area contributed by atoms with Crippen molar-refractivity contribution in [1.82, 2.24) is 4.98 Å². The Labute approximate surface area is 113 Å². The van der Waals surface area contributed by atoms with Crippen LogP contribution in [0.15, 0.2) is 36.5 Å². The van der Waals surface area contributed by atoms with Gasteiger partial charge < -0.3 is 10.4 Å². The summed E-state index contributed by atoms with van der Waals surface area (Å²) in [7, 11) is 0. The third-order valence-corrected chi connectivity index (χ3v) is 2.72. The summed E-state index contributed by atoms with van der Waals surface area (Å²) in [6.45, 7) is -0.133. The van der Waals surface area contributed by atoms with Gasteiger partial charge in [-0.05, 0) is 23.8 Å². The van der Waals surface area contributed by atoms with Crippen LogP contribution in [0.3, 0.4) is 0 Å². The van der Waals surface area contributed by atoms with Crippen molar-refractivity contribution in [2.45, 2.75) is 6.61 Å². The molecule has 0 aliphatic heterocycles. The maximum Gasteiger partial charge on any atom is 0.258 e. The maximum absolute atomic E-state index is 13.0. The molecular formula is C13H10ClFN2O2. The summed E-state index contributed by atoms with van der Waals surface area (Å²) in [5.41, 5.74) is 1.09. The van der Waals surface area contributed by atoms with Crippen molar-refractivity contribution in [3.05, 3.63) is 58.6 Å². The number of nitrogens with one attached hydrogen (secondary N) is 1. The fourth-order valence-corrected chi connectivity index (χ4v) is 1.72. The lowest BCUT2D eigenvalue weighted by Crippen LogP contribution is -2.13. The standard InChI is InChI=1S/C13H10ClFN2O2/c14-12-11(5-9(15)6-16-12)13(19)17-10-3-1-2-8(4-10)7-18/h1-6,18H,7H2,(H,17,19). The molecule has 6 heteroatoms. The molecule has 4 nitrogen and oxygen atoms in total. The van der Waals surface area contributed by atoms with Gasteiger partial charge in [0.05, 0.1) is 18.4 Å². The largest absolute Gasteiger partial charge is 0.392 e. The zero-order valence-electron chi connectivity index (χ0n) is 9.73. The third kappa shape index (κ3) is 3.27. The average molecular weight is 281 g/mol. The number of benzene rings is 1. The number of nitrogens with zero attached hydrogens (tertiary/aromatic N) is 1. The Morgan fingerprint density at radius 3 is 2.95 bits per heavy atom. The minimum Gasteiger partial charge on any atom is -0.392 e. The molecule has 0 bridgehead atoms. The summed E-state index contributed by atoms with van der Waals surface area (Å²) in [5, 5.41) is 11.5. The first-order chi connectivity index (χ1) is 9.10. The van der Waals surface area contributed by atoms with Gasteiger partial charge in [0.1, 0.15) is 11.0 Å². The Bertz CT molecular complexity index is 619. The highest BCUT2D eigenvalue weighted by molar-refractivity contribution is 6.33. The fraction of sp³-hybridized carbons (Fsp3) is 0.0769. The van der Waals surface area contributed by atoms with Gasteiger partial charge in [0, 0.05) is 5.69 Å². The number of anilines is 1. The molecule has 0 saturated carbocycles. The first kappa shape index (κ1) is 13.5. The number of hydrogen-bond acceptors (Lipinski definition) is 3. The highest BCUT2D eigenvalue weighted by atomic mass is 35.5. The number of hydrogen-bond donors (Lipinski definition) is 2. The SMILES string of the molecule is O=C(Nc1cccc(CO)c1)c1cc(F)cnc1Cl. The number of halogens is 2. The van der Waals surface area contributed by atoms with E-state index in [1.54, 1.807) is 24.3 Å². The minimum absolute atomic E-state index is 0.0453. The zero-order chi connectivity index (χ0) is 13.8. The lowest BCUT2D eigenvalue weighted by atomic mass is 10.2. The van der Waals surface area contributed by atoms with Crippen molar-refractivity contribution in [3.63, 3.8) is 0 Å². The van der Waals surface area contributed by atoms with Gasteiger partial charge >= 0.3 is 0 Å². The predicted octanol–water partition coefficient (Wildman–Crippen LogP) is 2.62. The van der Waals surface area contributed by atoms with Crippen LogP contribution in [0.25, 0.3) is 0 Å². The molecular weight excluding hydrogens is 271 g/mol. The summed E-state index contributed by atoms with van der Waals surface area (Å²) in [6, 6.07) is 7.68. The molecule has 19 heavy (non-hydrogen) atoms. The molecule has 0 aliphatic rings.